The van der Waals surface area contributed by atoms with Crippen molar-refractivity contribution in [3.05, 3.63) is 23.8 Å². The lowest BCUT2D eigenvalue weighted by Crippen LogP contribution is -2.35. The van der Waals surface area contributed by atoms with Gasteiger partial charge in [-0.1, -0.05) is 6.07 Å². The lowest BCUT2D eigenvalue weighted by molar-refractivity contribution is -0.137. The number of carboxylic acid groups (broad SMARTS) is 1. The van der Waals surface area contributed by atoms with Crippen LogP contribution < -0.4 is 14.8 Å². The summed E-state index contributed by atoms with van der Waals surface area (Å²) in [6.07, 6.45) is 0.869. The number of benzene rings is 1. The quantitative estimate of drug-likeness (QED) is 0.761. The Bertz CT molecular complexity index is 501. The number of carbonyl (C=O) groups excluding carboxylic acids is 1. The van der Waals surface area contributed by atoms with Crippen molar-refractivity contribution in [2.45, 2.75) is 32.2 Å². The Kier molecular flexibility index (Phi) is 6.52. The van der Waals surface area contributed by atoms with E-state index in [0.29, 0.717) is 24.3 Å². The second-order valence-corrected chi connectivity index (χ2v) is 4.71. The molecule has 0 aliphatic rings. The fraction of sp³-hybridized carbons (Fsp3) is 0.467. The molecule has 0 spiro atoms. The second kappa shape index (κ2) is 8.14. The van der Waals surface area contributed by atoms with E-state index in [1.54, 1.807) is 26.4 Å². The molecule has 0 heterocycles. The highest BCUT2D eigenvalue weighted by atomic mass is 16.5. The highest BCUT2D eigenvalue weighted by molar-refractivity contribution is 5.73. The van der Waals surface area contributed by atoms with Crippen LogP contribution in [0.3, 0.4) is 0 Å². The minimum absolute atomic E-state index is 0.00339. The van der Waals surface area contributed by atoms with Crippen molar-refractivity contribution in [3.8, 4) is 11.5 Å². The van der Waals surface area contributed by atoms with Crippen molar-refractivity contribution >= 4 is 11.9 Å². The number of hydrogen-bond acceptors (Lipinski definition) is 4. The first-order chi connectivity index (χ1) is 9.96. The van der Waals surface area contributed by atoms with E-state index >= 15 is 0 Å². The van der Waals surface area contributed by atoms with E-state index in [4.69, 9.17) is 14.6 Å². The molecule has 0 bridgehead atoms. The minimum atomic E-state index is -0.882. The molecule has 0 aliphatic carbocycles. The first-order valence-corrected chi connectivity index (χ1v) is 6.66. The molecule has 0 aromatic heterocycles. The first-order valence-electron chi connectivity index (χ1n) is 6.66. The number of aliphatic carboxylic acids is 1. The zero-order valence-electron chi connectivity index (χ0n) is 12.5. The van der Waals surface area contributed by atoms with Crippen LogP contribution in [0.1, 0.15) is 25.3 Å². The second-order valence-electron chi connectivity index (χ2n) is 4.71. The summed E-state index contributed by atoms with van der Waals surface area (Å²) >= 11 is 0. The van der Waals surface area contributed by atoms with Crippen LogP contribution in [0, 0.1) is 0 Å². The van der Waals surface area contributed by atoms with Crippen LogP contribution in [-0.4, -0.2) is 37.2 Å². The molecule has 1 amide bonds. The largest absolute Gasteiger partial charge is 0.497 e. The van der Waals surface area contributed by atoms with E-state index in [1.165, 1.54) is 6.92 Å². The fourth-order valence-electron chi connectivity index (χ4n) is 2.10. The number of carboxylic acids is 1. The normalized spacial score (nSPS) is 11.6. The summed E-state index contributed by atoms with van der Waals surface area (Å²) < 4.78 is 10.4. The van der Waals surface area contributed by atoms with Crippen molar-refractivity contribution < 1.29 is 24.2 Å². The lowest BCUT2D eigenvalue weighted by atomic mass is 10.0. The molecule has 0 radical (unpaired) electrons. The Morgan fingerprint density at radius 1 is 1.29 bits per heavy atom. The van der Waals surface area contributed by atoms with Gasteiger partial charge in [0.05, 0.1) is 14.2 Å². The molecule has 1 rings (SSSR count). The van der Waals surface area contributed by atoms with Gasteiger partial charge in [-0.05, 0) is 24.5 Å². The smallest absolute Gasteiger partial charge is 0.303 e. The number of ether oxygens (including phenoxy) is 2. The van der Waals surface area contributed by atoms with Gasteiger partial charge in [-0.15, -0.1) is 0 Å². The summed E-state index contributed by atoms with van der Waals surface area (Å²) in [5.41, 5.74) is 0.891. The summed E-state index contributed by atoms with van der Waals surface area (Å²) in [6, 6.07) is 5.17. The van der Waals surface area contributed by atoms with Crippen molar-refractivity contribution in [3.63, 3.8) is 0 Å². The molecule has 1 aromatic carbocycles. The maximum atomic E-state index is 11.2. The van der Waals surface area contributed by atoms with Gasteiger partial charge in [-0.2, -0.15) is 0 Å². The minimum Gasteiger partial charge on any atom is -0.497 e. The average molecular weight is 295 g/mol. The molecule has 0 fully saturated rings. The first kappa shape index (κ1) is 16.8. The number of methoxy groups -OCH3 is 2. The van der Waals surface area contributed by atoms with E-state index in [-0.39, 0.29) is 18.4 Å². The summed E-state index contributed by atoms with van der Waals surface area (Å²) in [5, 5.41) is 11.6. The fourth-order valence-corrected chi connectivity index (χ4v) is 2.10. The number of amides is 1. The predicted molar refractivity (Wildman–Crippen MR) is 77.7 cm³/mol. The average Bonchev–Trinajstić information content (AvgIpc) is 2.44. The molecule has 6 heteroatoms. The molecule has 0 aliphatic heterocycles. The molecule has 21 heavy (non-hydrogen) atoms. The van der Waals surface area contributed by atoms with Gasteiger partial charge < -0.3 is 19.9 Å². The van der Waals surface area contributed by atoms with E-state index in [1.807, 2.05) is 6.07 Å². The lowest BCUT2D eigenvalue weighted by Gasteiger charge is -2.19. The van der Waals surface area contributed by atoms with E-state index in [2.05, 4.69) is 5.32 Å². The third-order valence-electron chi connectivity index (χ3n) is 3.07. The van der Waals surface area contributed by atoms with E-state index in [0.717, 1.165) is 5.56 Å². The molecule has 1 aromatic rings. The van der Waals surface area contributed by atoms with Gasteiger partial charge >= 0.3 is 5.97 Å². The van der Waals surface area contributed by atoms with Crippen LogP contribution in [0.15, 0.2) is 18.2 Å². The van der Waals surface area contributed by atoms with Crippen LogP contribution in [-0.2, 0) is 16.0 Å². The number of hydrogen-bond donors (Lipinski definition) is 2. The Morgan fingerprint density at radius 2 is 2.00 bits per heavy atom. The van der Waals surface area contributed by atoms with E-state index < -0.39 is 5.97 Å². The van der Waals surface area contributed by atoms with Gasteiger partial charge in [0.15, 0.2) is 0 Å². The highest BCUT2D eigenvalue weighted by Gasteiger charge is 2.15. The van der Waals surface area contributed by atoms with E-state index in [9.17, 15) is 9.59 Å². The predicted octanol–water partition coefficient (Wildman–Crippen LogP) is 1.62. The van der Waals surface area contributed by atoms with Crippen LogP contribution in [0.5, 0.6) is 11.5 Å². The zero-order chi connectivity index (χ0) is 15.8. The Labute approximate surface area is 124 Å². The number of nitrogens with one attached hydrogen (secondary N) is 1. The third kappa shape index (κ3) is 5.72. The van der Waals surface area contributed by atoms with Crippen molar-refractivity contribution in [1.82, 2.24) is 5.32 Å². The highest BCUT2D eigenvalue weighted by Crippen LogP contribution is 2.26. The molecular weight excluding hydrogens is 274 g/mol. The van der Waals surface area contributed by atoms with Crippen molar-refractivity contribution in [2.75, 3.05) is 14.2 Å². The molecular formula is C15H21NO5. The van der Waals surface area contributed by atoms with Gasteiger partial charge in [-0.25, -0.2) is 0 Å². The SMILES string of the molecule is COc1ccc(CC(CCC(=O)O)NC(C)=O)c(OC)c1. The molecule has 2 N–H and O–H groups in total. The Morgan fingerprint density at radius 3 is 2.52 bits per heavy atom. The van der Waals surface area contributed by atoms with Gasteiger partial charge in [-0.3, -0.25) is 9.59 Å². The van der Waals surface area contributed by atoms with Gasteiger partial charge in [0.2, 0.25) is 5.91 Å². The molecule has 0 saturated heterocycles. The summed E-state index contributed by atoms with van der Waals surface area (Å²) in [6.45, 7) is 1.42. The van der Waals surface area contributed by atoms with Crippen LogP contribution in [0.25, 0.3) is 0 Å². The van der Waals surface area contributed by atoms with Crippen LogP contribution >= 0.6 is 0 Å². The molecule has 1 unspecified atom stereocenters. The Hall–Kier alpha value is -2.24. The van der Waals surface area contributed by atoms with Crippen LogP contribution in [0.4, 0.5) is 0 Å². The number of rotatable bonds is 8. The van der Waals surface area contributed by atoms with Gasteiger partial charge in [0.25, 0.3) is 0 Å². The molecule has 1 atom stereocenters. The van der Waals surface area contributed by atoms with Crippen molar-refractivity contribution in [2.24, 2.45) is 0 Å². The monoisotopic (exact) mass is 295 g/mol. The molecule has 0 saturated carbocycles. The number of carbonyl (C=O) groups is 2. The van der Waals surface area contributed by atoms with Crippen LogP contribution in [0.2, 0.25) is 0 Å². The summed E-state index contributed by atoms with van der Waals surface area (Å²) in [5.74, 6) is 0.266. The maximum Gasteiger partial charge on any atom is 0.303 e. The molecule has 116 valence electrons. The Balaban J connectivity index is 2.85. The maximum absolute atomic E-state index is 11.2. The van der Waals surface area contributed by atoms with Gasteiger partial charge in [0.1, 0.15) is 11.5 Å². The topological polar surface area (TPSA) is 84.9 Å². The summed E-state index contributed by atoms with van der Waals surface area (Å²) in [4.78, 5) is 21.9. The summed E-state index contributed by atoms with van der Waals surface area (Å²) in [7, 11) is 3.13. The zero-order valence-corrected chi connectivity index (χ0v) is 12.5. The third-order valence-corrected chi connectivity index (χ3v) is 3.07. The molecule has 6 nitrogen and oxygen atoms in total. The van der Waals surface area contributed by atoms with Crippen molar-refractivity contribution in [1.29, 1.82) is 0 Å². The van der Waals surface area contributed by atoms with Gasteiger partial charge in [0, 0.05) is 25.5 Å². The standard InChI is InChI=1S/C15H21NO5/c1-10(17)16-12(5-7-15(18)19)8-11-4-6-13(20-2)9-14(11)21-3/h4,6,9,12H,5,7-8H2,1-3H3,(H,16,17)(H,18,19).